The lowest BCUT2D eigenvalue weighted by Crippen LogP contribution is -2.24. The molecule has 0 spiro atoms. The van der Waals surface area contributed by atoms with Crippen LogP contribution < -0.4 is 0 Å². The van der Waals surface area contributed by atoms with Gasteiger partial charge in [0.1, 0.15) is 11.2 Å². The minimum absolute atomic E-state index is 0.0546. The van der Waals surface area contributed by atoms with Gasteiger partial charge in [-0.25, -0.2) is 0 Å². The van der Waals surface area contributed by atoms with Crippen molar-refractivity contribution in [2.45, 2.75) is 64.7 Å². The summed E-state index contributed by atoms with van der Waals surface area (Å²) in [5.74, 6) is 0. The van der Waals surface area contributed by atoms with Crippen LogP contribution in [0.2, 0.25) is 0 Å². The van der Waals surface area contributed by atoms with Crippen LogP contribution in [0.25, 0.3) is 88.0 Å². The molecule has 0 bridgehead atoms. The first-order valence-electron chi connectivity index (χ1n) is 19.8. The third-order valence-electron chi connectivity index (χ3n) is 13.1. The Morgan fingerprint density at radius 1 is 0.436 bits per heavy atom. The molecule has 1 nitrogen and oxygen atoms in total. The summed E-state index contributed by atoms with van der Waals surface area (Å²) >= 11 is 0. The van der Waals surface area contributed by atoms with Crippen LogP contribution in [-0.2, 0) is 16.2 Å². The van der Waals surface area contributed by atoms with Crippen LogP contribution in [0.1, 0.15) is 76.3 Å². The van der Waals surface area contributed by atoms with E-state index in [2.05, 4.69) is 188 Å². The summed E-state index contributed by atoms with van der Waals surface area (Å²) in [6.07, 6.45) is 0. The molecule has 0 aliphatic heterocycles. The summed E-state index contributed by atoms with van der Waals surface area (Å²) < 4.78 is 7.02. The van der Waals surface area contributed by atoms with Crippen molar-refractivity contribution in [2.24, 2.45) is 0 Å². The highest BCUT2D eigenvalue weighted by Crippen LogP contribution is 2.63. The normalized spacial score (nSPS) is 15.1. The van der Waals surface area contributed by atoms with E-state index in [0.717, 1.165) is 11.2 Å². The zero-order chi connectivity index (χ0) is 37.6. The number of hydrogen-bond donors (Lipinski definition) is 0. The molecule has 1 heteroatoms. The van der Waals surface area contributed by atoms with Gasteiger partial charge in [-0.05, 0) is 106 Å². The highest BCUT2D eigenvalue weighted by atomic mass is 16.3. The first-order valence-corrected chi connectivity index (χ1v) is 19.8. The van der Waals surface area contributed by atoms with E-state index in [0.29, 0.717) is 0 Å². The van der Waals surface area contributed by atoms with Gasteiger partial charge in [-0.15, -0.1) is 0 Å². The second-order valence-electron chi connectivity index (χ2n) is 18.0. The van der Waals surface area contributed by atoms with Crippen molar-refractivity contribution in [1.29, 1.82) is 0 Å². The lowest BCUT2D eigenvalue weighted by molar-refractivity contribution is 0.579. The number of furan rings is 1. The number of rotatable bonds is 2. The van der Waals surface area contributed by atoms with Gasteiger partial charge in [0, 0.05) is 27.2 Å². The topological polar surface area (TPSA) is 13.1 Å². The van der Waals surface area contributed by atoms with E-state index in [1.165, 1.54) is 105 Å². The maximum atomic E-state index is 7.02. The zero-order valence-corrected chi connectivity index (χ0v) is 32.7. The summed E-state index contributed by atoms with van der Waals surface area (Å²) in [4.78, 5) is 0. The standard InChI is InChI=1S/C54H44O/c1-52(2,3)33-26-28-38-42(30-33)54(6,7)49-46(38)47-40-23-15-16-24-43(40)55-51(47)48-39-27-25-32(29-41(39)53(4,5)50(48)49)45-36-21-13-11-19-34(36)44(31-17-9-8-10-18-31)35-20-12-14-22-37(35)45/h8-30H,1-7H3. The SMILES string of the molecule is CC(C)(C)c1ccc2c(c1)C(C)(C)c1c3c(c4oc5ccccc5c4c1-2)-c1ccc(-c2c4ccccc4c(-c4ccccc4)c4ccccc24)cc1C3(C)C. The number of benzene rings is 8. The van der Waals surface area contributed by atoms with Crippen molar-refractivity contribution in [3.63, 3.8) is 0 Å². The van der Waals surface area contributed by atoms with E-state index >= 15 is 0 Å². The van der Waals surface area contributed by atoms with Gasteiger partial charge in [-0.1, -0.05) is 176 Å². The molecule has 0 radical (unpaired) electrons. The smallest absolute Gasteiger partial charge is 0.144 e. The Morgan fingerprint density at radius 3 is 1.55 bits per heavy atom. The zero-order valence-electron chi connectivity index (χ0n) is 32.7. The number of hydrogen-bond acceptors (Lipinski definition) is 1. The average molecular weight is 709 g/mol. The maximum absolute atomic E-state index is 7.02. The molecular weight excluding hydrogens is 665 g/mol. The molecular formula is C54H44O. The number of fused-ring (bicyclic) bond motifs is 14. The fraction of sp³-hybridized carbons (Fsp3) is 0.185. The lowest BCUT2D eigenvalue weighted by Gasteiger charge is -2.31. The molecule has 11 rings (SSSR count). The predicted molar refractivity (Wildman–Crippen MR) is 233 cm³/mol. The highest BCUT2D eigenvalue weighted by Gasteiger charge is 2.49. The van der Waals surface area contributed by atoms with Crippen molar-refractivity contribution in [3.8, 4) is 44.5 Å². The van der Waals surface area contributed by atoms with Crippen molar-refractivity contribution >= 4 is 43.5 Å². The molecule has 8 aromatic carbocycles. The quantitative estimate of drug-likeness (QED) is 0.163. The van der Waals surface area contributed by atoms with Gasteiger partial charge >= 0.3 is 0 Å². The van der Waals surface area contributed by atoms with Gasteiger partial charge in [0.15, 0.2) is 0 Å². The van der Waals surface area contributed by atoms with E-state index in [9.17, 15) is 0 Å². The maximum Gasteiger partial charge on any atom is 0.144 e. The fourth-order valence-electron chi connectivity index (χ4n) is 10.5. The van der Waals surface area contributed by atoms with Crippen LogP contribution in [0, 0.1) is 0 Å². The Bertz CT molecular complexity index is 3050. The van der Waals surface area contributed by atoms with Crippen molar-refractivity contribution in [3.05, 3.63) is 167 Å². The van der Waals surface area contributed by atoms with Crippen LogP contribution in [-0.4, -0.2) is 0 Å². The van der Waals surface area contributed by atoms with Crippen molar-refractivity contribution in [1.82, 2.24) is 0 Å². The van der Waals surface area contributed by atoms with Crippen LogP contribution in [0.15, 0.2) is 144 Å². The highest BCUT2D eigenvalue weighted by molar-refractivity contribution is 6.23. The van der Waals surface area contributed by atoms with Gasteiger partial charge in [-0.2, -0.15) is 0 Å². The molecule has 0 atom stereocenters. The molecule has 266 valence electrons. The Labute approximate surface area is 323 Å². The molecule has 1 heterocycles. The van der Waals surface area contributed by atoms with Gasteiger partial charge in [-0.3, -0.25) is 0 Å². The molecule has 0 amide bonds. The average Bonchev–Trinajstić information content (AvgIpc) is 3.76. The van der Waals surface area contributed by atoms with Crippen LogP contribution in [0.5, 0.6) is 0 Å². The molecule has 0 saturated heterocycles. The van der Waals surface area contributed by atoms with E-state index in [4.69, 9.17) is 4.42 Å². The predicted octanol–water partition coefficient (Wildman–Crippen LogP) is 15.1. The van der Waals surface area contributed by atoms with Crippen molar-refractivity contribution < 1.29 is 4.42 Å². The van der Waals surface area contributed by atoms with Crippen LogP contribution in [0.4, 0.5) is 0 Å². The minimum Gasteiger partial charge on any atom is -0.455 e. The molecule has 0 unspecified atom stereocenters. The Balaban J connectivity index is 1.22. The first-order chi connectivity index (χ1) is 26.5. The van der Waals surface area contributed by atoms with Crippen molar-refractivity contribution in [2.75, 3.05) is 0 Å². The number of para-hydroxylation sites is 1. The summed E-state index contributed by atoms with van der Waals surface area (Å²) in [5, 5.41) is 7.56. The van der Waals surface area contributed by atoms with Gasteiger partial charge < -0.3 is 4.42 Å². The first kappa shape index (κ1) is 32.5. The van der Waals surface area contributed by atoms with E-state index in [-0.39, 0.29) is 16.2 Å². The molecule has 0 N–H and O–H groups in total. The lowest BCUT2D eigenvalue weighted by atomic mass is 9.71. The summed E-state index contributed by atoms with van der Waals surface area (Å²) in [6.45, 7) is 16.8. The third kappa shape index (κ3) is 4.25. The molecule has 2 aliphatic rings. The molecule has 2 aliphatic carbocycles. The summed E-state index contributed by atoms with van der Waals surface area (Å²) in [6, 6.07) is 52.0. The van der Waals surface area contributed by atoms with Crippen LogP contribution in [0.3, 0.4) is 0 Å². The second-order valence-corrected chi connectivity index (χ2v) is 18.0. The molecule has 9 aromatic rings. The van der Waals surface area contributed by atoms with E-state index in [1.807, 2.05) is 0 Å². The largest absolute Gasteiger partial charge is 0.455 e. The van der Waals surface area contributed by atoms with Gasteiger partial charge in [0.05, 0.1) is 0 Å². The Kier molecular flexibility index (Phi) is 6.42. The summed E-state index contributed by atoms with van der Waals surface area (Å²) in [7, 11) is 0. The van der Waals surface area contributed by atoms with E-state index in [1.54, 1.807) is 0 Å². The Morgan fingerprint density at radius 2 is 0.927 bits per heavy atom. The fourth-order valence-corrected chi connectivity index (χ4v) is 10.5. The van der Waals surface area contributed by atoms with Gasteiger partial charge in [0.2, 0.25) is 0 Å². The third-order valence-corrected chi connectivity index (χ3v) is 13.1. The van der Waals surface area contributed by atoms with E-state index < -0.39 is 0 Å². The molecule has 0 saturated carbocycles. The minimum atomic E-state index is -0.278. The molecule has 1 aromatic heterocycles. The van der Waals surface area contributed by atoms with Gasteiger partial charge in [0.25, 0.3) is 0 Å². The Hall–Kier alpha value is -5.92. The molecule has 0 fully saturated rings. The van der Waals surface area contributed by atoms with Crippen LogP contribution >= 0.6 is 0 Å². The summed E-state index contributed by atoms with van der Waals surface area (Å²) in [5.41, 5.74) is 18.9. The second kappa shape index (κ2) is 10.9. The monoisotopic (exact) mass is 708 g/mol. The molecule has 55 heavy (non-hydrogen) atoms.